The number of carbonyl (C=O) groups excluding carboxylic acids is 2. The van der Waals surface area contributed by atoms with Crippen LogP contribution in [0, 0.1) is 5.92 Å². The van der Waals surface area contributed by atoms with E-state index in [9.17, 15) is 18.0 Å². The van der Waals surface area contributed by atoms with Gasteiger partial charge in [0.15, 0.2) is 0 Å². The molecule has 1 aromatic carbocycles. The Morgan fingerprint density at radius 2 is 1.56 bits per heavy atom. The van der Waals surface area contributed by atoms with Gasteiger partial charge in [0.1, 0.15) is 0 Å². The number of benzene rings is 1. The van der Waals surface area contributed by atoms with Crippen LogP contribution in [0.1, 0.15) is 84.5 Å². The minimum Gasteiger partial charge on any atom is -0.334 e. The van der Waals surface area contributed by atoms with Gasteiger partial charge in [0, 0.05) is 35.3 Å². The van der Waals surface area contributed by atoms with E-state index in [4.69, 9.17) is 0 Å². The van der Waals surface area contributed by atoms with Gasteiger partial charge in [-0.1, -0.05) is 6.07 Å². The van der Waals surface area contributed by atoms with Gasteiger partial charge in [-0.2, -0.15) is 0 Å². The van der Waals surface area contributed by atoms with Crippen molar-refractivity contribution in [3.05, 3.63) is 29.8 Å². The zero-order valence-electron chi connectivity index (χ0n) is 20.4. The molecule has 2 rings (SSSR count). The third kappa shape index (κ3) is 6.54. The molecule has 0 bridgehead atoms. The molecule has 1 fully saturated rings. The fourth-order valence-corrected chi connectivity index (χ4v) is 5.09. The van der Waals surface area contributed by atoms with Crippen molar-refractivity contribution in [2.45, 2.75) is 97.0 Å². The summed E-state index contributed by atoms with van der Waals surface area (Å²) in [6, 6.07) is 7.07. The molecule has 0 radical (unpaired) electrons. The van der Waals surface area contributed by atoms with Crippen LogP contribution in [-0.4, -0.2) is 48.0 Å². The number of carbonyl (C=O) groups is 2. The monoisotopic (exact) mass is 465 g/mol. The van der Waals surface area contributed by atoms with E-state index in [1.807, 2.05) is 32.6 Å². The lowest BCUT2D eigenvalue weighted by Gasteiger charge is -2.31. The van der Waals surface area contributed by atoms with Crippen LogP contribution in [0.5, 0.6) is 0 Å². The van der Waals surface area contributed by atoms with Gasteiger partial charge in [-0.05, 0) is 92.3 Å². The fraction of sp³-hybridized carbons (Fsp3) is 0.667. The smallest absolute Gasteiger partial charge is 0.254 e. The number of sulfonamides is 1. The molecule has 0 aliphatic heterocycles. The Morgan fingerprint density at radius 1 is 1.00 bits per heavy atom. The van der Waals surface area contributed by atoms with E-state index < -0.39 is 14.8 Å². The van der Waals surface area contributed by atoms with Gasteiger partial charge >= 0.3 is 0 Å². The molecule has 0 saturated heterocycles. The predicted molar refractivity (Wildman–Crippen MR) is 129 cm³/mol. The van der Waals surface area contributed by atoms with E-state index in [2.05, 4.69) is 10.0 Å². The van der Waals surface area contributed by atoms with E-state index in [-0.39, 0.29) is 35.9 Å². The Kier molecular flexibility index (Phi) is 8.50. The number of nitrogens with one attached hydrogen (secondary N) is 2. The van der Waals surface area contributed by atoms with Crippen LogP contribution in [0.4, 0.5) is 5.69 Å². The Labute approximate surface area is 193 Å². The van der Waals surface area contributed by atoms with Crippen molar-refractivity contribution >= 4 is 27.5 Å². The quantitative estimate of drug-likeness (QED) is 0.632. The molecule has 1 aliphatic carbocycles. The predicted octanol–water partition coefficient (Wildman–Crippen LogP) is 4.16. The average Bonchev–Trinajstić information content (AvgIpc) is 2.67. The topological polar surface area (TPSA) is 95.6 Å². The van der Waals surface area contributed by atoms with Gasteiger partial charge < -0.3 is 10.2 Å². The van der Waals surface area contributed by atoms with E-state index in [1.54, 1.807) is 45.0 Å². The molecule has 0 spiro atoms. The van der Waals surface area contributed by atoms with Crippen molar-refractivity contribution in [3.63, 3.8) is 0 Å². The van der Waals surface area contributed by atoms with Gasteiger partial charge in [0.05, 0.1) is 4.75 Å². The van der Waals surface area contributed by atoms with Crippen LogP contribution in [0.3, 0.4) is 0 Å². The lowest BCUT2D eigenvalue weighted by Crippen LogP contribution is -2.46. The number of rotatable bonds is 7. The maximum Gasteiger partial charge on any atom is 0.254 e. The van der Waals surface area contributed by atoms with E-state index in [0.717, 1.165) is 0 Å². The van der Waals surface area contributed by atoms with Gasteiger partial charge in [-0.25, -0.2) is 13.1 Å². The third-order valence-corrected chi connectivity index (χ3v) is 8.21. The Morgan fingerprint density at radius 3 is 2.06 bits per heavy atom. The summed E-state index contributed by atoms with van der Waals surface area (Å²) >= 11 is 0. The van der Waals surface area contributed by atoms with Crippen LogP contribution in [-0.2, 0) is 14.8 Å². The second-order valence-corrected chi connectivity index (χ2v) is 12.7. The molecule has 8 heteroatoms. The van der Waals surface area contributed by atoms with Crippen molar-refractivity contribution < 1.29 is 18.0 Å². The molecule has 2 N–H and O–H groups in total. The molecular formula is C24H39N3O4S. The van der Waals surface area contributed by atoms with Crippen LogP contribution in [0.25, 0.3) is 0 Å². The molecule has 1 aliphatic rings. The minimum absolute atomic E-state index is 0.0576. The standard InChI is InChI=1S/C24H39N3O4S/c1-16(2)27(17(3)4)23(29)19-9-8-10-21(15-19)25-22(28)18-11-13-20(14-12-18)26-32(30,31)24(5,6)7/h8-10,15-18,20,26H,11-14H2,1-7H3,(H,25,28). The number of nitrogens with zero attached hydrogens (tertiary/aromatic N) is 1. The molecular weight excluding hydrogens is 426 g/mol. The Hall–Kier alpha value is -1.93. The summed E-state index contributed by atoms with van der Waals surface area (Å²) in [6.07, 6.45) is 2.50. The second kappa shape index (κ2) is 10.3. The number of anilines is 1. The molecule has 32 heavy (non-hydrogen) atoms. The summed E-state index contributed by atoms with van der Waals surface area (Å²) in [5, 5.41) is 2.94. The summed E-state index contributed by atoms with van der Waals surface area (Å²) < 4.78 is 26.7. The number of amides is 2. The normalized spacial score (nSPS) is 19.8. The molecule has 0 atom stereocenters. The first-order chi connectivity index (χ1) is 14.7. The summed E-state index contributed by atoms with van der Waals surface area (Å²) in [4.78, 5) is 27.6. The van der Waals surface area contributed by atoms with Crippen LogP contribution < -0.4 is 10.0 Å². The lowest BCUT2D eigenvalue weighted by molar-refractivity contribution is -0.120. The molecule has 2 amide bonds. The Balaban J connectivity index is 1.98. The van der Waals surface area contributed by atoms with Crippen LogP contribution >= 0.6 is 0 Å². The lowest BCUT2D eigenvalue weighted by atomic mass is 9.86. The van der Waals surface area contributed by atoms with Gasteiger partial charge in [0.25, 0.3) is 5.91 Å². The summed E-state index contributed by atoms with van der Waals surface area (Å²) in [5.74, 6) is -0.318. The van der Waals surface area contributed by atoms with Crippen LogP contribution in [0.2, 0.25) is 0 Å². The molecule has 0 unspecified atom stereocenters. The third-order valence-electron chi connectivity index (χ3n) is 5.95. The van der Waals surface area contributed by atoms with Gasteiger partial charge in [-0.3, -0.25) is 9.59 Å². The average molecular weight is 466 g/mol. The molecule has 1 aromatic rings. The van der Waals surface area contributed by atoms with Crippen molar-refractivity contribution in [1.29, 1.82) is 0 Å². The SMILES string of the molecule is CC(C)N(C(=O)c1cccc(NC(=O)C2CCC(NS(=O)(=O)C(C)(C)C)CC2)c1)C(C)C. The van der Waals surface area contributed by atoms with E-state index >= 15 is 0 Å². The number of hydrogen-bond acceptors (Lipinski definition) is 4. The molecule has 0 aromatic heterocycles. The van der Waals surface area contributed by atoms with Crippen molar-refractivity contribution in [2.24, 2.45) is 5.92 Å². The van der Waals surface area contributed by atoms with Crippen LogP contribution in [0.15, 0.2) is 24.3 Å². The highest BCUT2D eigenvalue weighted by Gasteiger charge is 2.34. The van der Waals surface area contributed by atoms with E-state index in [0.29, 0.717) is 36.9 Å². The fourth-order valence-electron chi connectivity index (χ4n) is 4.06. The van der Waals surface area contributed by atoms with Crippen molar-refractivity contribution in [1.82, 2.24) is 9.62 Å². The molecule has 180 valence electrons. The van der Waals surface area contributed by atoms with E-state index in [1.165, 1.54) is 0 Å². The highest BCUT2D eigenvalue weighted by atomic mass is 32.2. The molecule has 0 heterocycles. The summed E-state index contributed by atoms with van der Waals surface area (Å²) in [6.45, 7) is 13.0. The zero-order chi connectivity index (χ0) is 24.3. The largest absolute Gasteiger partial charge is 0.334 e. The molecule has 1 saturated carbocycles. The second-order valence-electron chi connectivity index (χ2n) is 10.3. The summed E-state index contributed by atoms with van der Waals surface area (Å²) in [7, 11) is -3.40. The molecule has 7 nitrogen and oxygen atoms in total. The van der Waals surface area contributed by atoms with Gasteiger partial charge in [-0.15, -0.1) is 0 Å². The first-order valence-electron chi connectivity index (χ1n) is 11.5. The first-order valence-corrected chi connectivity index (χ1v) is 13.0. The minimum atomic E-state index is -3.40. The van der Waals surface area contributed by atoms with Gasteiger partial charge in [0.2, 0.25) is 15.9 Å². The highest BCUT2D eigenvalue weighted by molar-refractivity contribution is 7.90. The summed E-state index contributed by atoms with van der Waals surface area (Å²) in [5.41, 5.74) is 1.15. The maximum atomic E-state index is 12.9. The van der Waals surface area contributed by atoms with Crippen molar-refractivity contribution in [2.75, 3.05) is 5.32 Å². The highest BCUT2D eigenvalue weighted by Crippen LogP contribution is 2.27. The first kappa shape index (κ1) is 26.3. The zero-order valence-corrected chi connectivity index (χ0v) is 21.3. The number of hydrogen-bond donors (Lipinski definition) is 2. The Bertz CT molecular complexity index is 903. The maximum absolute atomic E-state index is 12.9. The van der Waals surface area contributed by atoms with Crippen molar-refractivity contribution in [3.8, 4) is 0 Å².